The van der Waals surface area contributed by atoms with Crippen LogP contribution in [0.3, 0.4) is 0 Å². The number of hydrogen-bond donors (Lipinski definition) is 4. The van der Waals surface area contributed by atoms with Gasteiger partial charge in [-0.25, -0.2) is 4.39 Å². The van der Waals surface area contributed by atoms with Crippen LogP contribution in [0.5, 0.6) is 5.75 Å². The van der Waals surface area contributed by atoms with E-state index >= 15 is 0 Å². The molecule has 9 heteroatoms. The highest BCUT2D eigenvalue weighted by Gasteiger charge is 2.20. The molecule has 1 heterocycles. The Morgan fingerprint density at radius 1 is 1.16 bits per heavy atom. The predicted octanol–water partition coefficient (Wildman–Crippen LogP) is 3.10. The van der Waals surface area contributed by atoms with Gasteiger partial charge in [0.25, 0.3) is 5.91 Å². The maximum Gasteiger partial charge on any atom is 0.255 e. The second-order valence-electron chi connectivity index (χ2n) is 7.42. The number of carbonyl (C=O) groups is 1. The zero-order valence-electron chi connectivity index (χ0n) is 18.2. The summed E-state index contributed by atoms with van der Waals surface area (Å²) in [5.41, 5.74) is 1.17. The molecule has 3 rings (SSSR count). The Morgan fingerprint density at radius 3 is 2.59 bits per heavy atom. The molecule has 0 saturated carbocycles. The number of halogens is 2. The lowest BCUT2D eigenvalue weighted by molar-refractivity contribution is 0.0952. The summed E-state index contributed by atoms with van der Waals surface area (Å²) in [6, 6.07) is 13.4. The summed E-state index contributed by atoms with van der Waals surface area (Å²) in [5.74, 6) is 0.136. The quantitative estimate of drug-likeness (QED) is 0.183. The number of phenolic OH excluding ortho intramolecular Hbond substituents is 1. The number of amides is 1. The molecule has 2 aromatic rings. The van der Waals surface area contributed by atoms with Crippen LogP contribution in [0.1, 0.15) is 30.1 Å². The molecule has 7 nitrogen and oxygen atoms in total. The topological polar surface area (TPSA) is 89.0 Å². The summed E-state index contributed by atoms with van der Waals surface area (Å²) >= 11 is 0. The molecule has 1 amide bonds. The number of aromatic hydroxyl groups is 1. The van der Waals surface area contributed by atoms with Crippen molar-refractivity contribution >= 4 is 41.5 Å². The second-order valence-corrected chi connectivity index (χ2v) is 7.42. The highest BCUT2D eigenvalue weighted by atomic mass is 127. The largest absolute Gasteiger partial charge is 0.507 e. The third-order valence-electron chi connectivity index (χ3n) is 5.17. The maximum absolute atomic E-state index is 13.5. The molecule has 4 N–H and O–H groups in total. The summed E-state index contributed by atoms with van der Waals surface area (Å²) in [5, 5.41) is 19.2. The SMILES string of the molecule is CCNC(=NCCNC(=O)c1ccccc1O)NC1CCN(c2cccc(F)c2)CC1.I. The minimum Gasteiger partial charge on any atom is -0.507 e. The number of hydrogen-bond acceptors (Lipinski definition) is 4. The van der Waals surface area contributed by atoms with Gasteiger partial charge in [0.1, 0.15) is 11.6 Å². The Bertz CT molecular complexity index is 903. The van der Waals surface area contributed by atoms with Gasteiger partial charge in [0.2, 0.25) is 0 Å². The minimum atomic E-state index is -0.323. The summed E-state index contributed by atoms with van der Waals surface area (Å²) in [6.07, 6.45) is 1.84. The number of benzene rings is 2. The number of para-hydroxylation sites is 1. The number of nitrogens with zero attached hydrogens (tertiary/aromatic N) is 2. The normalized spacial score (nSPS) is 14.4. The van der Waals surface area contributed by atoms with Gasteiger partial charge in [-0.15, -0.1) is 24.0 Å². The monoisotopic (exact) mass is 555 g/mol. The molecule has 1 fully saturated rings. The third-order valence-corrected chi connectivity index (χ3v) is 5.17. The van der Waals surface area contributed by atoms with Crippen molar-refractivity contribution in [3.63, 3.8) is 0 Å². The summed E-state index contributed by atoms with van der Waals surface area (Å²) < 4.78 is 13.5. The first kappa shape index (κ1) is 25.7. The second kappa shape index (κ2) is 13.1. The van der Waals surface area contributed by atoms with Crippen LogP contribution in [-0.2, 0) is 0 Å². The molecular weight excluding hydrogens is 524 g/mol. The fourth-order valence-corrected chi connectivity index (χ4v) is 3.57. The lowest BCUT2D eigenvalue weighted by Crippen LogP contribution is -2.49. The average molecular weight is 555 g/mol. The number of piperidine rings is 1. The molecule has 1 aliphatic rings. The Kier molecular flexibility index (Phi) is 10.5. The number of anilines is 1. The molecular formula is C23H31FIN5O2. The summed E-state index contributed by atoms with van der Waals surface area (Å²) in [6.45, 7) is 5.20. The average Bonchev–Trinajstić information content (AvgIpc) is 2.77. The van der Waals surface area contributed by atoms with E-state index in [1.807, 2.05) is 13.0 Å². The first-order valence-electron chi connectivity index (χ1n) is 10.7. The number of phenols is 1. The van der Waals surface area contributed by atoms with Crippen molar-refractivity contribution in [2.75, 3.05) is 37.6 Å². The van der Waals surface area contributed by atoms with Gasteiger partial charge in [0.15, 0.2) is 5.96 Å². The fourth-order valence-electron chi connectivity index (χ4n) is 3.57. The molecule has 2 aromatic carbocycles. The van der Waals surface area contributed by atoms with Gasteiger partial charge in [-0.1, -0.05) is 18.2 Å². The van der Waals surface area contributed by atoms with Crippen molar-refractivity contribution in [2.24, 2.45) is 4.99 Å². The van der Waals surface area contributed by atoms with E-state index in [1.54, 1.807) is 30.3 Å². The van der Waals surface area contributed by atoms with Gasteiger partial charge in [-0.2, -0.15) is 0 Å². The van der Waals surface area contributed by atoms with E-state index in [2.05, 4.69) is 25.8 Å². The highest BCUT2D eigenvalue weighted by molar-refractivity contribution is 14.0. The molecule has 0 spiro atoms. The zero-order valence-corrected chi connectivity index (χ0v) is 20.5. The van der Waals surface area contributed by atoms with Crippen molar-refractivity contribution in [3.05, 3.63) is 59.9 Å². The van der Waals surface area contributed by atoms with Gasteiger partial charge in [-0.05, 0) is 50.1 Å². The molecule has 1 saturated heterocycles. The molecule has 0 atom stereocenters. The summed E-state index contributed by atoms with van der Waals surface area (Å²) in [7, 11) is 0. The van der Waals surface area contributed by atoms with Crippen molar-refractivity contribution in [1.82, 2.24) is 16.0 Å². The standard InChI is InChI=1S/C23H30FN5O2.HI/c1-2-25-23(27-13-12-26-22(31)20-8-3-4-9-21(20)30)28-18-10-14-29(15-11-18)19-7-5-6-17(24)16-19;/h3-9,16,18,30H,2,10-15H2,1H3,(H,26,31)(H2,25,27,28);1H. The van der Waals surface area contributed by atoms with Crippen LogP contribution in [-0.4, -0.2) is 55.7 Å². The molecule has 0 aliphatic carbocycles. The molecule has 32 heavy (non-hydrogen) atoms. The molecule has 0 radical (unpaired) electrons. The van der Waals surface area contributed by atoms with E-state index in [0.29, 0.717) is 19.0 Å². The first-order chi connectivity index (χ1) is 15.1. The predicted molar refractivity (Wildman–Crippen MR) is 137 cm³/mol. The van der Waals surface area contributed by atoms with E-state index < -0.39 is 0 Å². The van der Waals surface area contributed by atoms with Crippen LogP contribution >= 0.6 is 24.0 Å². The molecule has 174 valence electrons. The van der Waals surface area contributed by atoms with E-state index in [0.717, 1.165) is 38.2 Å². The van der Waals surface area contributed by atoms with Crippen LogP contribution in [0, 0.1) is 5.82 Å². The zero-order chi connectivity index (χ0) is 22.1. The van der Waals surface area contributed by atoms with Crippen molar-refractivity contribution in [3.8, 4) is 5.75 Å². The Hall–Kier alpha value is -2.56. The van der Waals surface area contributed by atoms with Crippen LogP contribution in [0.2, 0.25) is 0 Å². The Morgan fingerprint density at radius 2 is 1.91 bits per heavy atom. The highest BCUT2D eigenvalue weighted by Crippen LogP contribution is 2.20. The van der Waals surface area contributed by atoms with Crippen LogP contribution in [0.25, 0.3) is 0 Å². The van der Waals surface area contributed by atoms with Gasteiger partial charge >= 0.3 is 0 Å². The van der Waals surface area contributed by atoms with Crippen LogP contribution < -0.4 is 20.9 Å². The van der Waals surface area contributed by atoms with Gasteiger partial charge in [0, 0.05) is 37.9 Å². The van der Waals surface area contributed by atoms with Crippen molar-refractivity contribution in [1.29, 1.82) is 0 Å². The number of nitrogens with one attached hydrogen (secondary N) is 3. The number of aliphatic imine (C=N–C) groups is 1. The lowest BCUT2D eigenvalue weighted by atomic mass is 10.0. The molecule has 0 bridgehead atoms. The van der Waals surface area contributed by atoms with Gasteiger partial charge < -0.3 is 26.0 Å². The first-order valence-corrected chi connectivity index (χ1v) is 10.7. The summed E-state index contributed by atoms with van der Waals surface area (Å²) in [4.78, 5) is 18.9. The Labute approximate surface area is 205 Å². The van der Waals surface area contributed by atoms with Gasteiger partial charge in [0.05, 0.1) is 12.1 Å². The van der Waals surface area contributed by atoms with Crippen LogP contribution in [0.4, 0.5) is 10.1 Å². The van der Waals surface area contributed by atoms with Gasteiger partial charge in [-0.3, -0.25) is 9.79 Å². The molecule has 1 aliphatic heterocycles. The third kappa shape index (κ3) is 7.54. The minimum absolute atomic E-state index is 0. The van der Waals surface area contributed by atoms with E-state index in [4.69, 9.17) is 0 Å². The Balaban J connectivity index is 0.00000363. The van der Waals surface area contributed by atoms with Crippen molar-refractivity contribution < 1.29 is 14.3 Å². The number of guanidine groups is 1. The lowest BCUT2D eigenvalue weighted by Gasteiger charge is -2.34. The number of rotatable bonds is 7. The molecule has 0 unspecified atom stereocenters. The smallest absolute Gasteiger partial charge is 0.255 e. The number of carbonyl (C=O) groups excluding carboxylic acids is 1. The fraction of sp³-hybridized carbons (Fsp3) is 0.391. The van der Waals surface area contributed by atoms with Crippen LogP contribution in [0.15, 0.2) is 53.5 Å². The van der Waals surface area contributed by atoms with E-state index in [9.17, 15) is 14.3 Å². The van der Waals surface area contributed by atoms with E-state index in [1.165, 1.54) is 12.1 Å². The van der Waals surface area contributed by atoms with E-state index in [-0.39, 0.29) is 53.1 Å². The van der Waals surface area contributed by atoms with Crippen molar-refractivity contribution in [2.45, 2.75) is 25.8 Å². The molecule has 0 aromatic heterocycles. The maximum atomic E-state index is 13.5.